The van der Waals surface area contributed by atoms with Crippen molar-refractivity contribution >= 4 is 21.5 Å². The SMILES string of the molecule is Cc1cc(C)c(C)cc1C.Cc1ccc(-c2ccc(C)cc2)cc1.Cc1ccc(C)c2ccccc12.Cc1ccc(C)cc1.Cc1ccc2c(c1)C(C)(C)c1cc(C)ccc1-2.Cc1cccc(C)c1.Cc1cccc2c(C)cccc12.Cc1ccccc1C. The van der Waals surface area contributed by atoms with Crippen LogP contribution in [0.5, 0.6) is 0 Å². The van der Waals surface area contributed by atoms with E-state index in [1.165, 1.54) is 155 Å². The Bertz CT molecular complexity index is 3880. The van der Waals surface area contributed by atoms with Gasteiger partial charge in [0.15, 0.2) is 0 Å². The Kier molecular flexibility index (Phi) is 25.6. The molecule has 456 valence electrons. The van der Waals surface area contributed by atoms with Crippen molar-refractivity contribution in [3.05, 3.63) is 354 Å². The van der Waals surface area contributed by atoms with Crippen molar-refractivity contribution in [1.82, 2.24) is 0 Å². The average Bonchev–Trinajstić information content (AvgIpc) is 1.64. The maximum absolute atomic E-state index is 2.34. The molecule has 13 rings (SSSR count). The van der Waals surface area contributed by atoms with Crippen LogP contribution in [0.2, 0.25) is 0 Å². The summed E-state index contributed by atoms with van der Waals surface area (Å²) in [5.74, 6) is 0. The first-order valence-electron chi connectivity index (χ1n) is 31.7. The van der Waals surface area contributed by atoms with Gasteiger partial charge < -0.3 is 0 Å². The molecule has 0 atom stereocenters. The number of hydrogen-bond acceptors (Lipinski definition) is 0. The van der Waals surface area contributed by atoms with Gasteiger partial charge in [0.1, 0.15) is 0 Å². The highest BCUT2D eigenvalue weighted by Gasteiger charge is 2.35. The zero-order valence-corrected chi connectivity index (χ0v) is 57.6. The molecule has 0 heterocycles. The minimum Gasteiger partial charge on any atom is -0.0620 e. The Morgan fingerprint density at radius 3 is 0.730 bits per heavy atom. The van der Waals surface area contributed by atoms with Crippen LogP contribution in [0, 0.1) is 125 Å². The Morgan fingerprint density at radius 1 is 0.180 bits per heavy atom. The fourth-order valence-electron chi connectivity index (χ4n) is 10.9. The van der Waals surface area contributed by atoms with E-state index < -0.39 is 0 Å². The maximum atomic E-state index is 2.34. The van der Waals surface area contributed by atoms with E-state index in [4.69, 9.17) is 0 Å². The first kappa shape index (κ1) is 69.3. The number of fused-ring (bicyclic) bond motifs is 5. The molecule has 0 spiro atoms. The van der Waals surface area contributed by atoms with Crippen molar-refractivity contribution in [3.8, 4) is 22.3 Å². The lowest BCUT2D eigenvalue weighted by Crippen LogP contribution is -2.15. The van der Waals surface area contributed by atoms with Crippen LogP contribution in [-0.4, -0.2) is 0 Å². The monoisotopic (exact) mass is 1170 g/mol. The minimum atomic E-state index is 0.142. The van der Waals surface area contributed by atoms with Gasteiger partial charge in [0.05, 0.1) is 0 Å². The lowest BCUT2D eigenvalue weighted by Gasteiger charge is -2.22. The molecule has 1 aliphatic rings. The first-order valence-corrected chi connectivity index (χ1v) is 31.7. The topological polar surface area (TPSA) is 0 Å². The van der Waals surface area contributed by atoms with Crippen molar-refractivity contribution in [2.45, 2.75) is 144 Å². The third-order valence-electron chi connectivity index (χ3n) is 17.1. The molecule has 0 unspecified atom stereocenters. The Labute approximate surface area is 538 Å². The normalized spacial score (nSPS) is 11.0. The van der Waals surface area contributed by atoms with Gasteiger partial charge in [-0.05, 0) is 235 Å². The van der Waals surface area contributed by atoms with Crippen LogP contribution in [0.15, 0.2) is 243 Å². The molecule has 89 heavy (non-hydrogen) atoms. The summed E-state index contributed by atoms with van der Waals surface area (Å²) in [4.78, 5) is 0. The van der Waals surface area contributed by atoms with Gasteiger partial charge in [-0.3, -0.25) is 0 Å². The van der Waals surface area contributed by atoms with Crippen molar-refractivity contribution in [2.24, 2.45) is 0 Å². The van der Waals surface area contributed by atoms with Gasteiger partial charge in [-0.1, -0.05) is 301 Å². The van der Waals surface area contributed by atoms with Gasteiger partial charge in [-0.15, -0.1) is 0 Å². The van der Waals surface area contributed by atoms with Gasteiger partial charge in [-0.25, -0.2) is 0 Å². The average molecular weight is 1170 g/mol. The van der Waals surface area contributed by atoms with Gasteiger partial charge in [0, 0.05) is 5.41 Å². The number of hydrogen-bond donors (Lipinski definition) is 0. The molecule has 12 aromatic rings. The molecule has 0 bridgehead atoms. The first-order chi connectivity index (χ1) is 42.3. The third-order valence-corrected chi connectivity index (χ3v) is 17.1. The molecule has 0 aliphatic heterocycles. The molecule has 0 aromatic heterocycles. The van der Waals surface area contributed by atoms with E-state index in [1.807, 2.05) is 0 Å². The standard InChI is InChI=1S/C17H18.C14H14.2C12H12.C10H14.3C8H10/c1-11-5-7-13-14-8-6-12(2)10-16(14)17(3,4)15(13)9-11;1-11-3-7-13(8-4-11)14-9-5-12(2)6-10-14;1-9-5-3-8-12-10(2)6-4-7-11(9)12;1-9-7-8-10(2)12-6-4-3-5-11(9)12;1-7-5-9(3)10(4)6-8(7)2;1-7-3-5-8(2)6-4-7;1-7-4-3-5-8(2)6-7;1-7-5-3-4-6-8(7)2/h5-10H,1-4H3;3-10H,1-2H3;2*3-8H,1-2H3;5-6H,1-4H3;3*3-6H,1-2H3. The van der Waals surface area contributed by atoms with E-state index >= 15 is 0 Å². The van der Waals surface area contributed by atoms with Gasteiger partial charge >= 0.3 is 0 Å². The second-order valence-electron chi connectivity index (χ2n) is 25.4. The molecule has 0 N–H and O–H groups in total. The predicted octanol–water partition coefficient (Wildman–Crippen LogP) is 25.3. The lowest BCUT2D eigenvalue weighted by molar-refractivity contribution is 0.659. The van der Waals surface area contributed by atoms with Crippen LogP contribution in [-0.2, 0) is 5.41 Å². The van der Waals surface area contributed by atoms with E-state index in [-0.39, 0.29) is 5.41 Å². The summed E-state index contributed by atoms with van der Waals surface area (Å²) >= 11 is 0. The Morgan fingerprint density at radius 2 is 0.427 bits per heavy atom. The predicted molar refractivity (Wildman–Crippen MR) is 395 cm³/mol. The van der Waals surface area contributed by atoms with Gasteiger partial charge in [0.25, 0.3) is 0 Å². The van der Waals surface area contributed by atoms with Crippen LogP contribution in [0.25, 0.3) is 43.8 Å². The molecular formula is C89H100. The molecule has 0 saturated heterocycles. The van der Waals surface area contributed by atoms with Crippen LogP contribution in [0.4, 0.5) is 0 Å². The number of benzene rings is 12. The number of aryl methyl sites for hydroxylation is 18. The van der Waals surface area contributed by atoms with Crippen molar-refractivity contribution in [3.63, 3.8) is 0 Å². The Hall–Kier alpha value is -8.84. The summed E-state index contributed by atoms with van der Waals surface area (Å²) in [7, 11) is 0. The minimum absolute atomic E-state index is 0.142. The molecule has 0 saturated carbocycles. The fraction of sp³-hybridized carbons (Fsp3) is 0.236. The highest BCUT2D eigenvalue weighted by Crippen LogP contribution is 2.49. The third kappa shape index (κ3) is 20.4. The molecule has 0 amide bonds. The molecule has 0 nitrogen and oxygen atoms in total. The summed E-state index contributed by atoms with van der Waals surface area (Å²) in [6.45, 7) is 43.1. The molecule has 0 heteroatoms. The largest absolute Gasteiger partial charge is 0.0620 e. The van der Waals surface area contributed by atoms with Gasteiger partial charge in [-0.2, -0.15) is 0 Å². The van der Waals surface area contributed by atoms with E-state index in [0.717, 1.165) is 0 Å². The zero-order chi connectivity index (χ0) is 65.0. The lowest BCUT2D eigenvalue weighted by atomic mass is 9.81. The van der Waals surface area contributed by atoms with Crippen LogP contribution in [0.1, 0.15) is 125 Å². The molecule has 0 radical (unpaired) electrons. The summed E-state index contributed by atoms with van der Waals surface area (Å²) in [6.07, 6.45) is 0. The Balaban J connectivity index is 0.000000164. The highest BCUT2D eigenvalue weighted by atomic mass is 14.4. The van der Waals surface area contributed by atoms with Crippen LogP contribution >= 0.6 is 0 Å². The highest BCUT2D eigenvalue weighted by molar-refractivity contribution is 5.89. The van der Waals surface area contributed by atoms with Crippen molar-refractivity contribution < 1.29 is 0 Å². The van der Waals surface area contributed by atoms with Crippen molar-refractivity contribution in [2.75, 3.05) is 0 Å². The van der Waals surface area contributed by atoms with Crippen LogP contribution in [0.3, 0.4) is 0 Å². The van der Waals surface area contributed by atoms with E-state index in [1.54, 1.807) is 0 Å². The van der Waals surface area contributed by atoms with E-state index in [2.05, 4.69) is 381 Å². The van der Waals surface area contributed by atoms with E-state index in [0.29, 0.717) is 0 Å². The molecule has 12 aromatic carbocycles. The van der Waals surface area contributed by atoms with Crippen LogP contribution < -0.4 is 0 Å². The molecule has 1 aliphatic carbocycles. The zero-order valence-electron chi connectivity index (χ0n) is 57.6. The summed E-state index contributed by atoms with van der Waals surface area (Å²) in [5.41, 5.74) is 32.9. The summed E-state index contributed by atoms with van der Waals surface area (Å²) < 4.78 is 0. The quantitative estimate of drug-likeness (QED) is 0.154. The van der Waals surface area contributed by atoms with Crippen molar-refractivity contribution in [1.29, 1.82) is 0 Å². The fourth-order valence-corrected chi connectivity index (χ4v) is 10.9. The van der Waals surface area contributed by atoms with Gasteiger partial charge in [0.2, 0.25) is 0 Å². The van der Waals surface area contributed by atoms with E-state index in [9.17, 15) is 0 Å². The smallest absolute Gasteiger partial charge is 0.0159 e. The number of rotatable bonds is 1. The molecule has 0 fully saturated rings. The summed E-state index contributed by atoms with van der Waals surface area (Å²) in [5, 5.41) is 5.49. The second-order valence-corrected chi connectivity index (χ2v) is 25.4. The molecular weight excluding hydrogens is 1070 g/mol. The summed E-state index contributed by atoms with van der Waals surface area (Å²) in [6, 6.07) is 86.5. The maximum Gasteiger partial charge on any atom is 0.0159 e. The second kappa shape index (κ2) is 32.9.